The topological polar surface area (TPSA) is 58.2 Å². The molecule has 0 unspecified atom stereocenters. The van der Waals surface area contributed by atoms with Crippen LogP contribution in [0.25, 0.3) is 6.08 Å². The van der Waals surface area contributed by atoms with Crippen LogP contribution in [0.15, 0.2) is 84.6 Å². The molecular formula is C23H19FN2O2. The maximum atomic E-state index is 13.8. The fourth-order valence-electron chi connectivity index (χ4n) is 2.53. The molecule has 4 nitrogen and oxygen atoms in total. The molecule has 2 amide bonds. The van der Waals surface area contributed by atoms with Gasteiger partial charge in [-0.25, -0.2) is 4.39 Å². The predicted octanol–water partition coefficient (Wildman–Crippen LogP) is 4.54. The summed E-state index contributed by atoms with van der Waals surface area (Å²) in [4.78, 5) is 25.3. The van der Waals surface area contributed by atoms with Crippen molar-refractivity contribution in [2.24, 2.45) is 0 Å². The van der Waals surface area contributed by atoms with Gasteiger partial charge < -0.3 is 10.6 Å². The number of aryl methyl sites for hydroxylation is 1. The number of nitrogens with one attached hydrogen (secondary N) is 2. The Bertz CT molecular complexity index is 1020. The molecule has 0 heterocycles. The summed E-state index contributed by atoms with van der Waals surface area (Å²) in [6, 6.07) is 22.2. The van der Waals surface area contributed by atoms with Crippen molar-refractivity contribution < 1.29 is 14.0 Å². The second-order valence-corrected chi connectivity index (χ2v) is 6.21. The van der Waals surface area contributed by atoms with E-state index in [0.29, 0.717) is 16.8 Å². The lowest BCUT2D eigenvalue weighted by atomic mass is 10.1. The highest BCUT2D eigenvalue weighted by Gasteiger charge is 2.15. The zero-order chi connectivity index (χ0) is 19.9. The molecule has 5 heteroatoms. The molecule has 0 aromatic heterocycles. The van der Waals surface area contributed by atoms with E-state index in [-0.39, 0.29) is 5.70 Å². The van der Waals surface area contributed by atoms with E-state index in [4.69, 9.17) is 0 Å². The van der Waals surface area contributed by atoms with E-state index in [9.17, 15) is 14.0 Å². The number of carbonyl (C=O) groups excluding carboxylic acids is 2. The standard InChI is InChI=1S/C23H19FN2O2/c1-16-12-13-19(15-20(16)24)25-23(28)21(14-17-8-4-2-5-9-17)26-22(27)18-10-6-3-7-11-18/h2-15H,1H3,(H,25,28)(H,26,27)/b21-14-. The highest BCUT2D eigenvalue weighted by molar-refractivity contribution is 6.10. The number of halogens is 1. The van der Waals surface area contributed by atoms with Crippen LogP contribution in [-0.4, -0.2) is 11.8 Å². The van der Waals surface area contributed by atoms with Crippen LogP contribution in [-0.2, 0) is 4.79 Å². The van der Waals surface area contributed by atoms with Crippen LogP contribution >= 0.6 is 0 Å². The van der Waals surface area contributed by atoms with E-state index in [1.807, 2.05) is 30.3 Å². The van der Waals surface area contributed by atoms with Gasteiger partial charge >= 0.3 is 0 Å². The number of carbonyl (C=O) groups is 2. The third-order valence-electron chi connectivity index (χ3n) is 4.07. The number of hydrogen-bond donors (Lipinski definition) is 2. The summed E-state index contributed by atoms with van der Waals surface area (Å²) < 4.78 is 13.8. The van der Waals surface area contributed by atoms with Crippen LogP contribution in [0.1, 0.15) is 21.5 Å². The molecule has 0 aliphatic heterocycles. The Morgan fingerprint density at radius 2 is 1.54 bits per heavy atom. The minimum absolute atomic E-state index is 0.0565. The Kier molecular flexibility index (Phi) is 5.97. The molecule has 0 aliphatic carbocycles. The third-order valence-corrected chi connectivity index (χ3v) is 4.07. The van der Waals surface area contributed by atoms with Gasteiger partial charge in [0.1, 0.15) is 11.5 Å². The SMILES string of the molecule is Cc1ccc(NC(=O)/C(=C/c2ccccc2)NC(=O)c2ccccc2)cc1F. The molecule has 0 bridgehead atoms. The van der Waals surface area contributed by atoms with Crippen LogP contribution in [0.2, 0.25) is 0 Å². The summed E-state index contributed by atoms with van der Waals surface area (Å²) in [5.74, 6) is -1.37. The minimum atomic E-state index is -0.545. The number of amides is 2. The fourth-order valence-corrected chi connectivity index (χ4v) is 2.53. The normalized spacial score (nSPS) is 11.0. The third kappa shape index (κ3) is 4.92. The lowest BCUT2D eigenvalue weighted by Crippen LogP contribution is -2.30. The minimum Gasteiger partial charge on any atom is -0.321 e. The van der Waals surface area contributed by atoms with Crippen LogP contribution < -0.4 is 10.6 Å². The monoisotopic (exact) mass is 374 g/mol. The Labute approximate surface area is 162 Å². The maximum absolute atomic E-state index is 13.8. The first-order valence-electron chi connectivity index (χ1n) is 8.73. The summed E-state index contributed by atoms with van der Waals surface area (Å²) in [6.07, 6.45) is 1.57. The molecule has 3 aromatic rings. The van der Waals surface area contributed by atoms with Crippen molar-refractivity contribution in [1.82, 2.24) is 5.32 Å². The Morgan fingerprint density at radius 3 is 2.18 bits per heavy atom. The molecule has 0 saturated carbocycles. The van der Waals surface area contributed by atoms with Crippen molar-refractivity contribution >= 4 is 23.6 Å². The van der Waals surface area contributed by atoms with Crippen LogP contribution in [0.3, 0.4) is 0 Å². The van der Waals surface area contributed by atoms with Crippen LogP contribution in [0, 0.1) is 12.7 Å². The number of benzene rings is 3. The van der Waals surface area contributed by atoms with Gasteiger partial charge in [0.25, 0.3) is 11.8 Å². The van der Waals surface area contributed by atoms with Gasteiger partial charge in [-0.15, -0.1) is 0 Å². The maximum Gasteiger partial charge on any atom is 0.272 e. The van der Waals surface area contributed by atoms with Crippen molar-refractivity contribution in [3.05, 3.63) is 107 Å². The summed E-state index contributed by atoms with van der Waals surface area (Å²) in [6.45, 7) is 1.64. The summed E-state index contributed by atoms with van der Waals surface area (Å²) >= 11 is 0. The second kappa shape index (κ2) is 8.77. The average Bonchev–Trinajstić information content (AvgIpc) is 2.71. The quantitative estimate of drug-likeness (QED) is 0.644. The van der Waals surface area contributed by atoms with E-state index in [2.05, 4.69) is 10.6 Å². The molecule has 2 N–H and O–H groups in total. The van der Waals surface area contributed by atoms with Crippen molar-refractivity contribution in [2.75, 3.05) is 5.32 Å². The van der Waals surface area contributed by atoms with Crippen molar-refractivity contribution in [3.63, 3.8) is 0 Å². The Hall–Kier alpha value is -3.73. The van der Waals surface area contributed by atoms with E-state index in [1.165, 1.54) is 6.07 Å². The lowest BCUT2D eigenvalue weighted by Gasteiger charge is -2.12. The van der Waals surface area contributed by atoms with Crippen molar-refractivity contribution in [1.29, 1.82) is 0 Å². The smallest absolute Gasteiger partial charge is 0.272 e. The predicted molar refractivity (Wildman–Crippen MR) is 108 cm³/mol. The number of hydrogen-bond acceptors (Lipinski definition) is 2. The first kappa shape index (κ1) is 19.0. The fraction of sp³-hybridized carbons (Fsp3) is 0.0435. The highest BCUT2D eigenvalue weighted by Crippen LogP contribution is 2.15. The molecule has 140 valence electrons. The number of rotatable bonds is 5. The summed E-state index contributed by atoms with van der Waals surface area (Å²) in [7, 11) is 0. The van der Waals surface area contributed by atoms with E-state index < -0.39 is 17.6 Å². The zero-order valence-corrected chi connectivity index (χ0v) is 15.3. The first-order chi connectivity index (χ1) is 13.5. The number of anilines is 1. The molecule has 3 rings (SSSR count). The van der Waals surface area contributed by atoms with Gasteiger partial charge in [-0.3, -0.25) is 9.59 Å². The highest BCUT2D eigenvalue weighted by atomic mass is 19.1. The van der Waals surface area contributed by atoms with E-state index in [1.54, 1.807) is 55.5 Å². The molecule has 3 aromatic carbocycles. The van der Waals surface area contributed by atoms with E-state index in [0.717, 1.165) is 5.56 Å². The lowest BCUT2D eigenvalue weighted by molar-refractivity contribution is -0.113. The van der Waals surface area contributed by atoms with Crippen molar-refractivity contribution in [3.8, 4) is 0 Å². The van der Waals surface area contributed by atoms with Gasteiger partial charge in [-0.1, -0.05) is 54.6 Å². The first-order valence-corrected chi connectivity index (χ1v) is 8.73. The zero-order valence-electron chi connectivity index (χ0n) is 15.3. The molecule has 0 saturated heterocycles. The molecule has 0 fully saturated rings. The van der Waals surface area contributed by atoms with Gasteiger partial charge in [-0.2, -0.15) is 0 Å². The molecule has 0 atom stereocenters. The van der Waals surface area contributed by atoms with Gasteiger partial charge in [0.2, 0.25) is 0 Å². The van der Waals surface area contributed by atoms with Gasteiger partial charge in [0, 0.05) is 11.3 Å². The largest absolute Gasteiger partial charge is 0.321 e. The van der Waals surface area contributed by atoms with E-state index >= 15 is 0 Å². The van der Waals surface area contributed by atoms with Gasteiger partial charge in [0.15, 0.2) is 0 Å². The average molecular weight is 374 g/mol. The molecule has 28 heavy (non-hydrogen) atoms. The Morgan fingerprint density at radius 1 is 0.893 bits per heavy atom. The van der Waals surface area contributed by atoms with Crippen LogP contribution in [0.4, 0.5) is 10.1 Å². The van der Waals surface area contributed by atoms with Crippen molar-refractivity contribution in [2.45, 2.75) is 6.92 Å². The molecular weight excluding hydrogens is 355 g/mol. The van der Waals surface area contributed by atoms with Gasteiger partial charge in [0.05, 0.1) is 0 Å². The summed E-state index contributed by atoms with van der Waals surface area (Å²) in [5, 5.41) is 5.27. The summed E-state index contributed by atoms with van der Waals surface area (Å²) in [5.41, 5.74) is 2.02. The molecule has 0 spiro atoms. The van der Waals surface area contributed by atoms with Crippen LogP contribution in [0.5, 0.6) is 0 Å². The second-order valence-electron chi connectivity index (χ2n) is 6.21. The molecule has 0 aliphatic rings. The Balaban J connectivity index is 1.87. The molecule has 0 radical (unpaired) electrons. The van der Waals surface area contributed by atoms with Gasteiger partial charge in [-0.05, 0) is 48.4 Å².